The van der Waals surface area contributed by atoms with Gasteiger partial charge in [0.1, 0.15) is 12.4 Å². The van der Waals surface area contributed by atoms with Gasteiger partial charge in [0.15, 0.2) is 0 Å². The van der Waals surface area contributed by atoms with Gasteiger partial charge in [0.05, 0.1) is 6.21 Å². The first-order chi connectivity index (χ1) is 12.5. The van der Waals surface area contributed by atoms with Gasteiger partial charge in [0, 0.05) is 10.7 Å². The van der Waals surface area contributed by atoms with Crippen LogP contribution >= 0.6 is 11.6 Å². The molecule has 2 amide bonds. The summed E-state index contributed by atoms with van der Waals surface area (Å²) in [7, 11) is 0. The Kier molecular flexibility index (Phi) is 6.93. The predicted molar refractivity (Wildman–Crippen MR) is 103 cm³/mol. The standard InChI is InChI=1S/C19H18ClN3O3/c1-3-10-26-16-7-4-14(5-8-16)12-21-23-19(25)18(24)22-17-9-6-15(20)11-13(17)2/h3-9,11-12H,1,10H2,2H3,(H,22,24)(H,23,25)/b21-12+. The molecule has 6 nitrogen and oxygen atoms in total. The molecule has 2 N–H and O–H groups in total. The molecule has 134 valence electrons. The summed E-state index contributed by atoms with van der Waals surface area (Å²) in [5.74, 6) is -0.994. The van der Waals surface area contributed by atoms with Crippen LogP contribution in [-0.4, -0.2) is 24.6 Å². The summed E-state index contributed by atoms with van der Waals surface area (Å²) in [6.45, 7) is 5.77. The van der Waals surface area contributed by atoms with E-state index in [-0.39, 0.29) is 0 Å². The maximum atomic E-state index is 11.9. The molecule has 0 spiro atoms. The van der Waals surface area contributed by atoms with E-state index >= 15 is 0 Å². The van der Waals surface area contributed by atoms with Gasteiger partial charge in [0.25, 0.3) is 0 Å². The summed E-state index contributed by atoms with van der Waals surface area (Å²) in [6, 6.07) is 12.0. The maximum Gasteiger partial charge on any atom is 0.329 e. The van der Waals surface area contributed by atoms with Crippen LogP contribution in [0.5, 0.6) is 5.75 Å². The molecule has 0 radical (unpaired) electrons. The average molecular weight is 372 g/mol. The van der Waals surface area contributed by atoms with E-state index in [1.54, 1.807) is 55.5 Å². The predicted octanol–water partition coefficient (Wildman–Crippen LogP) is 3.30. The van der Waals surface area contributed by atoms with Crippen molar-refractivity contribution in [3.63, 3.8) is 0 Å². The largest absolute Gasteiger partial charge is 0.490 e. The van der Waals surface area contributed by atoms with E-state index in [4.69, 9.17) is 16.3 Å². The molecule has 2 aromatic rings. The minimum atomic E-state index is -0.874. The van der Waals surface area contributed by atoms with Gasteiger partial charge in [-0.2, -0.15) is 5.10 Å². The van der Waals surface area contributed by atoms with Gasteiger partial charge >= 0.3 is 11.8 Å². The maximum absolute atomic E-state index is 11.9. The summed E-state index contributed by atoms with van der Waals surface area (Å²) in [4.78, 5) is 23.7. The zero-order chi connectivity index (χ0) is 18.9. The number of ether oxygens (including phenoxy) is 1. The lowest BCUT2D eigenvalue weighted by Gasteiger charge is -2.07. The number of rotatable bonds is 6. The molecular weight excluding hydrogens is 354 g/mol. The number of hydrogen-bond donors (Lipinski definition) is 2. The molecule has 2 aromatic carbocycles. The Morgan fingerprint density at radius 1 is 1.19 bits per heavy atom. The highest BCUT2D eigenvalue weighted by Gasteiger charge is 2.13. The van der Waals surface area contributed by atoms with Crippen LogP contribution in [0.25, 0.3) is 0 Å². The lowest BCUT2D eigenvalue weighted by atomic mass is 10.2. The topological polar surface area (TPSA) is 79.8 Å². The Labute approximate surface area is 156 Å². The number of nitrogens with zero attached hydrogens (tertiary/aromatic N) is 1. The number of amides is 2. The van der Waals surface area contributed by atoms with E-state index in [0.29, 0.717) is 23.1 Å². The van der Waals surface area contributed by atoms with Gasteiger partial charge in [-0.15, -0.1) is 0 Å². The van der Waals surface area contributed by atoms with Crippen molar-refractivity contribution >= 4 is 35.3 Å². The number of benzene rings is 2. The van der Waals surface area contributed by atoms with Crippen molar-refractivity contribution in [2.45, 2.75) is 6.92 Å². The van der Waals surface area contributed by atoms with Crippen molar-refractivity contribution in [3.05, 3.63) is 71.3 Å². The fourth-order valence-corrected chi connectivity index (χ4v) is 2.19. The summed E-state index contributed by atoms with van der Waals surface area (Å²) >= 11 is 5.85. The molecule has 0 aromatic heterocycles. The number of carbonyl (C=O) groups is 2. The highest BCUT2D eigenvalue weighted by molar-refractivity contribution is 6.39. The number of hydrazone groups is 1. The number of hydrogen-bond acceptors (Lipinski definition) is 4. The minimum Gasteiger partial charge on any atom is -0.490 e. The van der Waals surface area contributed by atoms with Crippen LogP contribution in [0.2, 0.25) is 5.02 Å². The number of aryl methyl sites for hydroxylation is 1. The van der Waals surface area contributed by atoms with Crippen LogP contribution in [0.4, 0.5) is 5.69 Å². The highest BCUT2D eigenvalue weighted by atomic mass is 35.5. The van der Waals surface area contributed by atoms with Crippen LogP contribution in [0.3, 0.4) is 0 Å². The Hall–Kier alpha value is -3.12. The Bertz CT molecular complexity index is 832. The molecule has 26 heavy (non-hydrogen) atoms. The van der Waals surface area contributed by atoms with Crippen molar-refractivity contribution in [3.8, 4) is 5.75 Å². The second-order valence-corrected chi connectivity index (χ2v) is 5.72. The van der Waals surface area contributed by atoms with Crippen LogP contribution in [0.15, 0.2) is 60.2 Å². The van der Waals surface area contributed by atoms with Crippen molar-refractivity contribution in [2.24, 2.45) is 5.10 Å². The first-order valence-corrected chi connectivity index (χ1v) is 8.11. The zero-order valence-corrected chi connectivity index (χ0v) is 14.9. The summed E-state index contributed by atoms with van der Waals surface area (Å²) in [6.07, 6.45) is 3.08. The fraction of sp³-hybridized carbons (Fsp3) is 0.105. The quantitative estimate of drug-likeness (QED) is 0.354. The number of nitrogens with one attached hydrogen (secondary N) is 2. The summed E-state index contributed by atoms with van der Waals surface area (Å²) in [5, 5.41) is 6.83. The van der Waals surface area contributed by atoms with E-state index in [9.17, 15) is 9.59 Å². The first-order valence-electron chi connectivity index (χ1n) is 7.74. The van der Waals surface area contributed by atoms with Crippen LogP contribution in [0.1, 0.15) is 11.1 Å². The van der Waals surface area contributed by atoms with E-state index in [1.807, 2.05) is 0 Å². The molecule has 7 heteroatoms. The average Bonchev–Trinajstić information content (AvgIpc) is 2.63. The van der Waals surface area contributed by atoms with Crippen LogP contribution in [-0.2, 0) is 9.59 Å². The van der Waals surface area contributed by atoms with E-state index in [1.165, 1.54) is 6.21 Å². The third kappa shape index (κ3) is 5.75. The fourth-order valence-electron chi connectivity index (χ4n) is 1.97. The normalized spacial score (nSPS) is 10.4. The van der Waals surface area contributed by atoms with Gasteiger partial charge in [-0.1, -0.05) is 24.3 Å². The van der Waals surface area contributed by atoms with Gasteiger partial charge < -0.3 is 10.1 Å². The molecule has 0 fully saturated rings. The smallest absolute Gasteiger partial charge is 0.329 e. The molecule has 0 saturated heterocycles. The zero-order valence-electron chi connectivity index (χ0n) is 14.2. The monoisotopic (exact) mass is 371 g/mol. The molecule has 0 aliphatic carbocycles. The molecular formula is C19H18ClN3O3. The van der Waals surface area contributed by atoms with E-state index in [0.717, 1.165) is 11.1 Å². The second kappa shape index (κ2) is 9.39. The van der Waals surface area contributed by atoms with E-state index in [2.05, 4.69) is 22.4 Å². The van der Waals surface area contributed by atoms with Crippen molar-refractivity contribution in [2.75, 3.05) is 11.9 Å². The van der Waals surface area contributed by atoms with Crippen molar-refractivity contribution in [1.29, 1.82) is 0 Å². The molecule has 0 atom stereocenters. The minimum absolute atomic E-state index is 0.422. The van der Waals surface area contributed by atoms with Gasteiger partial charge in [-0.25, -0.2) is 5.43 Å². The Balaban J connectivity index is 1.87. The Morgan fingerprint density at radius 2 is 1.92 bits per heavy atom. The van der Waals surface area contributed by atoms with Crippen LogP contribution in [0, 0.1) is 6.92 Å². The van der Waals surface area contributed by atoms with E-state index < -0.39 is 11.8 Å². The van der Waals surface area contributed by atoms with Crippen LogP contribution < -0.4 is 15.5 Å². The number of anilines is 1. The third-order valence-corrected chi connectivity index (χ3v) is 3.51. The molecule has 0 unspecified atom stereocenters. The van der Waals surface area contributed by atoms with Gasteiger partial charge in [-0.05, 0) is 60.5 Å². The van der Waals surface area contributed by atoms with Crippen molar-refractivity contribution < 1.29 is 14.3 Å². The lowest BCUT2D eigenvalue weighted by molar-refractivity contribution is -0.136. The van der Waals surface area contributed by atoms with Gasteiger partial charge in [0.2, 0.25) is 0 Å². The SMILES string of the molecule is C=CCOc1ccc(/C=N/NC(=O)C(=O)Nc2ccc(Cl)cc2C)cc1. The third-order valence-electron chi connectivity index (χ3n) is 3.27. The summed E-state index contributed by atoms with van der Waals surface area (Å²) in [5.41, 5.74) is 4.18. The number of halogens is 1. The summed E-state index contributed by atoms with van der Waals surface area (Å²) < 4.78 is 5.36. The lowest BCUT2D eigenvalue weighted by Crippen LogP contribution is -2.32. The first kappa shape index (κ1) is 19.2. The van der Waals surface area contributed by atoms with Crippen molar-refractivity contribution in [1.82, 2.24) is 5.43 Å². The van der Waals surface area contributed by atoms with Gasteiger partial charge in [-0.3, -0.25) is 9.59 Å². The highest BCUT2D eigenvalue weighted by Crippen LogP contribution is 2.19. The molecule has 0 saturated carbocycles. The molecule has 0 aliphatic heterocycles. The number of carbonyl (C=O) groups excluding carboxylic acids is 2. The second-order valence-electron chi connectivity index (χ2n) is 5.28. The Morgan fingerprint density at radius 3 is 2.58 bits per heavy atom. The molecule has 0 bridgehead atoms. The molecule has 0 aliphatic rings. The molecule has 2 rings (SSSR count). The molecule has 0 heterocycles.